The van der Waals surface area contributed by atoms with Crippen molar-refractivity contribution in [2.24, 2.45) is 7.05 Å². The molecule has 22 heavy (non-hydrogen) atoms. The number of hydrogen-bond acceptors (Lipinski definition) is 6. The first-order valence-corrected chi connectivity index (χ1v) is 7.58. The highest BCUT2D eigenvalue weighted by Crippen LogP contribution is 2.30. The van der Waals surface area contributed by atoms with Crippen LogP contribution in [0.15, 0.2) is 29.3 Å². The van der Waals surface area contributed by atoms with Gasteiger partial charge in [0.25, 0.3) is 10.0 Å². The van der Waals surface area contributed by atoms with E-state index in [1.165, 1.54) is 44.3 Å². The van der Waals surface area contributed by atoms with Crippen LogP contribution in [0.5, 0.6) is 11.5 Å². The second-order valence-electron chi connectivity index (χ2n) is 4.26. The van der Waals surface area contributed by atoms with Gasteiger partial charge in [-0.1, -0.05) is 0 Å². The molecular weight excluding hydrogens is 308 g/mol. The summed E-state index contributed by atoms with van der Waals surface area (Å²) in [6, 6.07) is 6.29. The lowest BCUT2D eigenvalue weighted by Gasteiger charge is -2.13. The summed E-state index contributed by atoms with van der Waals surface area (Å²) >= 11 is 0. The smallest absolute Gasteiger partial charge is 0.266 e. The average molecular weight is 322 g/mol. The van der Waals surface area contributed by atoms with Gasteiger partial charge in [-0.2, -0.15) is 10.4 Å². The molecule has 0 atom stereocenters. The van der Waals surface area contributed by atoms with E-state index in [1.54, 1.807) is 6.07 Å². The first-order chi connectivity index (χ1) is 10.4. The molecule has 0 bridgehead atoms. The van der Waals surface area contributed by atoms with E-state index < -0.39 is 10.0 Å². The van der Waals surface area contributed by atoms with Gasteiger partial charge in [0.15, 0.2) is 5.82 Å². The molecule has 0 fully saturated rings. The van der Waals surface area contributed by atoms with Crippen LogP contribution in [-0.2, 0) is 17.1 Å². The number of methoxy groups -OCH3 is 2. The Morgan fingerprint density at radius 1 is 1.32 bits per heavy atom. The minimum atomic E-state index is -3.98. The van der Waals surface area contributed by atoms with E-state index in [1.807, 2.05) is 6.07 Å². The lowest BCUT2D eigenvalue weighted by Crippen LogP contribution is -2.17. The van der Waals surface area contributed by atoms with Crippen molar-refractivity contribution in [3.05, 3.63) is 30.0 Å². The van der Waals surface area contributed by atoms with Crippen LogP contribution < -0.4 is 14.2 Å². The molecule has 0 saturated carbocycles. The normalized spacial score (nSPS) is 10.8. The molecule has 1 N–H and O–H groups in total. The highest BCUT2D eigenvalue weighted by atomic mass is 32.2. The van der Waals surface area contributed by atoms with Crippen molar-refractivity contribution in [3.63, 3.8) is 0 Å². The number of nitrogens with one attached hydrogen (secondary N) is 1. The quantitative estimate of drug-likeness (QED) is 0.884. The number of aryl methyl sites for hydroxylation is 1. The molecular formula is C13H14N4O4S. The van der Waals surface area contributed by atoms with Crippen LogP contribution in [0.3, 0.4) is 0 Å². The molecule has 1 aromatic carbocycles. The Labute approximate surface area is 127 Å². The Balaban J connectivity index is 2.51. The number of ether oxygens (including phenoxy) is 2. The fraction of sp³-hybridized carbons (Fsp3) is 0.231. The SMILES string of the molecule is COc1ccc(OC)c(S(=O)(=O)Nc2c(C#N)cnn2C)c1. The fourth-order valence-corrected chi connectivity index (χ4v) is 3.11. The topological polar surface area (TPSA) is 106 Å². The predicted octanol–water partition coefficient (Wildman–Crippen LogP) is 1.11. The van der Waals surface area contributed by atoms with Crippen molar-refractivity contribution in [2.75, 3.05) is 18.9 Å². The van der Waals surface area contributed by atoms with E-state index in [4.69, 9.17) is 14.7 Å². The van der Waals surface area contributed by atoms with E-state index >= 15 is 0 Å². The van der Waals surface area contributed by atoms with Gasteiger partial charge in [0, 0.05) is 13.1 Å². The molecule has 116 valence electrons. The summed E-state index contributed by atoms with van der Waals surface area (Å²) in [5.41, 5.74) is 0.118. The number of sulfonamides is 1. The molecule has 0 aliphatic heterocycles. The van der Waals surface area contributed by atoms with Gasteiger partial charge in [0.2, 0.25) is 0 Å². The van der Waals surface area contributed by atoms with Crippen LogP contribution >= 0.6 is 0 Å². The van der Waals surface area contributed by atoms with Gasteiger partial charge in [-0.15, -0.1) is 0 Å². The third kappa shape index (κ3) is 2.82. The molecule has 2 rings (SSSR count). The molecule has 0 radical (unpaired) electrons. The minimum absolute atomic E-state index is 0.0763. The highest BCUT2D eigenvalue weighted by molar-refractivity contribution is 7.92. The van der Waals surface area contributed by atoms with Crippen molar-refractivity contribution in [1.82, 2.24) is 9.78 Å². The number of nitriles is 1. The lowest BCUT2D eigenvalue weighted by molar-refractivity contribution is 0.392. The van der Waals surface area contributed by atoms with Crippen molar-refractivity contribution in [2.45, 2.75) is 4.90 Å². The summed E-state index contributed by atoms with van der Waals surface area (Å²) < 4.78 is 38.9. The van der Waals surface area contributed by atoms with Crippen LogP contribution in [-0.4, -0.2) is 32.4 Å². The van der Waals surface area contributed by atoms with Crippen molar-refractivity contribution >= 4 is 15.8 Å². The van der Waals surface area contributed by atoms with E-state index in [9.17, 15) is 8.42 Å². The number of aromatic nitrogens is 2. The second-order valence-corrected chi connectivity index (χ2v) is 5.92. The van der Waals surface area contributed by atoms with Gasteiger partial charge in [-0.3, -0.25) is 9.40 Å². The van der Waals surface area contributed by atoms with Crippen LogP contribution in [0.25, 0.3) is 0 Å². The number of benzene rings is 1. The maximum absolute atomic E-state index is 12.6. The molecule has 1 aromatic heterocycles. The molecule has 8 nitrogen and oxygen atoms in total. The monoisotopic (exact) mass is 322 g/mol. The van der Waals surface area contributed by atoms with Crippen LogP contribution in [0.4, 0.5) is 5.82 Å². The zero-order valence-electron chi connectivity index (χ0n) is 12.2. The molecule has 0 spiro atoms. The Hall–Kier alpha value is -2.73. The lowest BCUT2D eigenvalue weighted by atomic mass is 10.3. The molecule has 9 heteroatoms. The van der Waals surface area contributed by atoms with Crippen molar-refractivity contribution in [3.8, 4) is 17.6 Å². The summed E-state index contributed by atoms with van der Waals surface area (Å²) in [4.78, 5) is -0.0977. The largest absolute Gasteiger partial charge is 0.497 e. The van der Waals surface area contributed by atoms with E-state index in [0.717, 1.165) is 0 Å². The van der Waals surface area contributed by atoms with Crippen molar-refractivity contribution in [1.29, 1.82) is 5.26 Å². The van der Waals surface area contributed by atoms with E-state index in [2.05, 4.69) is 9.82 Å². The van der Waals surface area contributed by atoms with Crippen molar-refractivity contribution < 1.29 is 17.9 Å². The van der Waals surface area contributed by atoms with Gasteiger partial charge >= 0.3 is 0 Å². The predicted molar refractivity (Wildman–Crippen MR) is 78.3 cm³/mol. The Morgan fingerprint density at radius 2 is 2.05 bits per heavy atom. The summed E-state index contributed by atoms with van der Waals surface area (Å²) in [6.45, 7) is 0. The van der Waals surface area contributed by atoms with Crippen LogP contribution in [0.1, 0.15) is 5.56 Å². The third-order valence-electron chi connectivity index (χ3n) is 2.95. The molecule has 2 aromatic rings. The molecule has 0 saturated heterocycles. The third-order valence-corrected chi connectivity index (χ3v) is 4.31. The zero-order chi connectivity index (χ0) is 16.3. The minimum Gasteiger partial charge on any atom is -0.497 e. The second kappa shape index (κ2) is 5.95. The zero-order valence-corrected chi connectivity index (χ0v) is 13.0. The fourth-order valence-electron chi connectivity index (χ4n) is 1.82. The first kappa shape index (κ1) is 15.7. The maximum Gasteiger partial charge on any atom is 0.266 e. The molecule has 0 aliphatic carbocycles. The van der Waals surface area contributed by atoms with Crippen LogP contribution in [0.2, 0.25) is 0 Å². The highest BCUT2D eigenvalue weighted by Gasteiger charge is 2.23. The summed E-state index contributed by atoms with van der Waals surface area (Å²) in [7, 11) is 0.346. The van der Waals surface area contributed by atoms with Gasteiger partial charge in [0.05, 0.1) is 20.4 Å². The Kier molecular flexibility index (Phi) is 4.23. The summed E-state index contributed by atoms with van der Waals surface area (Å²) in [5, 5.41) is 12.9. The van der Waals surface area contributed by atoms with E-state index in [0.29, 0.717) is 5.75 Å². The van der Waals surface area contributed by atoms with Gasteiger partial charge in [-0.05, 0) is 12.1 Å². The molecule has 1 heterocycles. The van der Waals surface area contributed by atoms with Gasteiger partial charge in [-0.25, -0.2) is 8.42 Å². The Morgan fingerprint density at radius 3 is 2.64 bits per heavy atom. The molecule has 0 aliphatic rings. The number of nitrogens with zero attached hydrogens (tertiary/aromatic N) is 3. The van der Waals surface area contributed by atoms with Gasteiger partial charge < -0.3 is 9.47 Å². The first-order valence-electron chi connectivity index (χ1n) is 6.10. The van der Waals surface area contributed by atoms with E-state index in [-0.39, 0.29) is 22.0 Å². The number of hydrogen-bond donors (Lipinski definition) is 1. The average Bonchev–Trinajstić information content (AvgIpc) is 2.86. The summed E-state index contributed by atoms with van der Waals surface area (Å²) in [6.07, 6.45) is 1.28. The summed E-state index contributed by atoms with van der Waals surface area (Å²) in [5.74, 6) is 0.605. The maximum atomic E-state index is 12.6. The van der Waals surface area contributed by atoms with Crippen LogP contribution in [0, 0.1) is 11.3 Å². The number of rotatable bonds is 5. The Bertz CT molecular complexity index is 836. The molecule has 0 amide bonds. The molecule has 0 unspecified atom stereocenters. The number of anilines is 1. The standard InChI is InChI=1S/C13H14N4O4S/c1-17-13(9(7-14)8-15-17)16-22(18,19)12-6-10(20-2)4-5-11(12)21-3/h4-6,8,16H,1-3H3. The van der Waals surface area contributed by atoms with Gasteiger partial charge in [0.1, 0.15) is 28.0 Å².